The van der Waals surface area contributed by atoms with Crippen LogP contribution in [0.1, 0.15) is 44.7 Å². The van der Waals surface area contributed by atoms with Gasteiger partial charge >= 0.3 is 12.0 Å². The Bertz CT molecular complexity index is 762. The van der Waals surface area contributed by atoms with E-state index < -0.39 is 12.0 Å². The lowest BCUT2D eigenvalue weighted by atomic mass is 9.94. The van der Waals surface area contributed by atoms with Crippen LogP contribution in [-0.4, -0.2) is 49.7 Å². The van der Waals surface area contributed by atoms with Crippen LogP contribution in [0.25, 0.3) is 0 Å². The molecule has 1 saturated heterocycles. The van der Waals surface area contributed by atoms with Crippen LogP contribution in [0.5, 0.6) is 5.75 Å². The zero-order valence-electron chi connectivity index (χ0n) is 16.8. The Morgan fingerprint density at radius 1 is 1.32 bits per heavy atom. The van der Waals surface area contributed by atoms with Gasteiger partial charge in [0.05, 0.1) is 25.3 Å². The number of nitrogens with zero attached hydrogens (tertiary/aromatic N) is 1. The normalized spacial score (nSPS) is 23.0. The fraction of sp³-hybridized carbons (Fsp3) is 0.524. The molecule has 1 aromatic carbocycles. The van der Waals surface area contributed by atoms with Crippen molar-refractivity contribution in [2.45, 2.75) is 45.2 Å². The first-order valence-electron chi connectivity index (χ1n) is 9.89. The number of carbonyl (C=O) groups excluding carboxylic acids is 2. The van der Waals surface area contributed by atoms with Crippen LogP contribution in [0.2, 0.25) is 0 Å². The largest absolute Gasteiger partial charge is 0.497 e. The molecule has 28 heavy (non-hydrogen) atoms. The Hall–Kier alpha value is -2.54. The molecule has 2 N–H and O–H groups in total. The first-order chi connectivity index (χ1) is 13.5. The smallest absolute Gasteiger partial charge is 0.338 e. The van der Waals surface area contributed by atoms with Gasteiger partial charge in [0.1, 0.15) is 5.75 Å². The molecule has 7 nitrogen and oxygen atoms in total. The van der Waals surface area contributed by atoms with Crippen LogP contribution in [0.3, 0.4) is 0 Å². The van der Waals surface area contributed by atoms with Crippen LogP contribution in [0.15, 0.2) is 35.5 Å². The third-order valence-corrected chi connectivity index (χ3v) is 5.38. The van der Waals surface area contributed by atoms with Gasteiger partial charge in [-0.2, -0.15) is 0 Å². The van der Waals surface area contributed by atoms with Crippen molar-refractivity contribution < 1.29 is 19.1 Å². The van der Waals surface area contributed by atoms with Gasteiger partial charge in [-0.15, -0.1) is 0 Å². The third kappa shape index (κ3) is 4.47. The number of benzene rings is 1. The average Bonchev–Trinajstić information content (AvgIpc) is 2.69. The van der Waals surface area contributed by atoms with Gasteiger partial charge < -0.3 is 20.1 Å². The Balaban J connectivity index is 2.00. The molecule has 1 aromatic rings. The van der Waals surface area contributed by atoms with Gasteiger partial charge in [0, 0.05) is 18.3 Å². The van der Waals surface area contributed by atoms with Gasteiger partial charge in [-0.25, -0.2) is 9.59 Å². The SMILES string of the molecule is CCOC(=O)C1=C(CN2CCCC[C@@H]2C)NC(=O)N[C@@H]1c1cccc(OC)c1. The first kappa shape index (κ1) is 20.2. The molecule has 2 heterocycles. The van der Waals surface area contributed by atoms with Crippen molar-refractivity contribution in [2.24, 2.45) is 0 Å². The minimum absolute atomic E-state index is 0.272. The van der Waals surface area contributed by atoms with Gasteiger partial charge in [-0.3, -0.25) is 4.90 Å². The number of hydrogen-bond acceptors (Lipinski definition) is 5. The second kappa shape index (κ2) is 9.10. The number of likely N-dealkylation sites (tertiary alicyclic amines) is 1. The maximum Gasteiger partial charge on any atom is 0.338 e. The summed E-state index contributed by atoms with van der Waals surface area (Å²) in [4.78, 5) is 27.6. The fourth-order valence-corrected chi connectivity index (χ4v) is 3.86. The highest BCUT2D eigenvalue weighted by atomic mass is 16.5. The molecule has 2 aliphatic rings. The number of carbonyl (C=O) groups is 2. The summed E-state index contributed by atoms with van der Waals surface area (Å²) >= 11 is 0. The predicted octanol–water partition coefficient (Wildman–Crippen LogP) is 2.74. The Morgan fingerprint density at radius 2 is 2.14 bits per heavy atom. The molecule has 1 fully saturated rings. The molecular weight excluding hydrogens is 358 g/mol. The van der Waals surface area contributed by atoms with E-state index in [9.17, 15) is 9.59 Å². The molecule has 3 rings (SSSR count). The zero-order valence-corrected chi connectivity index (χ0v) is 16.8. The number of rotatable bonds is 6. The lowest BCUT2D eigenvalue weighted by Crippen LogP contribution is -2.50. The molecule has 0 unspecified atom stereocenters. The maximum atomic E-state index is 12.9. The second-order valence-electron chi connectivity index (χ2n) is 7.24. The van der Waals surface area contributed by atoms with Crippen LogP contribution < -0.4 is 15.4 Å². The number of hydrogen-bond donors (Lipinski definition) is 2. The number of esters is 1. The lowest BCUT2D eigenvalue weighted by Gasteiger charge is -2.36. The Labute approximate surface area is 166 Å². The van der Waals surface area contributed by atoms with Crippen molar-refractivity contribution in [3.8, 4) is 5.75 Å². The zero-order chi connectivity index (χ0) is 20.1. The molecule has 0 saturated carbocycles. The molecular formula is C21H29N3O4. The van der Waals surface area contributed by atoms with Crippen molar-refractivity contribution in [1.82, 2.24) is 15.5 Å². The van der Waals surface area contributed by atoms with Crippen LogP contribution in [-0.2, 0) is 9.53 Å². The minimum atomic E-state index is -0.585. The molecule has 7 heteroatoms. The number of urea groups is 1. The first-order valence-corrected chi connectivity index (χ1v) is 9.89. The second-order valence-corrected chi connectivity index (χ2v) is 7.24. The van der Waals surface area contributed by atoms with Crippen molar-refractivity contribution >= 4 is 12.0 Å². The molecule has 2 amide bonds. The van der Waals surface area contributed by atoms with E-state index in [1.807, 2.05) is 24.3 Å². The van der Waals surface area contributed by atoms with E-state index in [4.69, 9.17) is 9.47 Å². The van der Waals surface area contributed by atoms with Crippen LogP contribution >= 0.6 is 0 Å². The van der Waals surface area contributed by atoms with Gasteiger partial charge in [-0.1, -0.05) is 18.6 Å². The molecule has 0 aromatic heterocycles. The maximum absolute atomic E-state index is 12.9. The molecule has 0 radical (unpaired) electrons. The number of nitrogens with one attached hydrogen (secondary N) is 2. The third-order valence-electron chi connectivity index (χ3n) is 5.38. The summed E-state index contributed by atoms with van der Waals surface area (Å²) in [6.45, 7) is 5.71. The van der Waals surface area contributed by atoms with Gasteiger partial charge in [-0.05, 0) is 50.9 Å². The quantitative estimate of drug-likeness (QED) is 0.734. The van der Waals surface area contributed by atoms with E-state index in [-0.39, 0.29) is 12.6 Å². The van der Waals surface area contributed by atoms with Crippen molar-refractivity contribution in [2.75, 3.05) is 26.8 Å². The van der Waals surface area contributed by atoms with Gasteiger partial charge in [0.15, 0.2) is 0 Å². The highest BCUT2D eigenvalue weighted by Crippen LogP contribution is 2.31. The fourth-order valence-electron chi connectivity index (χ4n) is 3.86. The standard InChI is InChI=1S/C21H29N3O4/c1-4-28-20(25)18-17(13-24-11-6-5-8-14(24)2)22-21(26)23-19(18)15-9-7-10-16(12-15)27-3/h7,9-10,12,14,19H,4-6,8,11,13H2,1-3H3,(H2,22,23,26)/t14-,19+/m0/s1. The predicted molar refractivity (Wildman–Crippen MR) is 106 cm³/mol. The Morgan fingerprint density at radius 3 is 2.86 bits per heavy atom. The lowest BCUT2D eigenvalue weighted by molar-refractivity contribution is -0.139. The highest BCUT2D eigenvalue weighted by molar-refractivity contribution is 5.95. The molecule has 0 aliphatic carbocycles. The van der Waals surface area contributed by atoms with Crippen molar-refractivity contribution in [3.63, 3.8) is 0 Å². The summed E-state index contributed by atoms with van der Waals surface area (Å²) in [7, 11) is 1.59. The van der Waals surface area contributed by atoms with Crippen molar-refractivity contribution in [3.05, 3.63) is 41.1 Å². The number of ether oxygens (including phenoxy) is 2. The van der Waals surface area contributed by atoms with Crippen LogP contribution in [0.4, 0.5) is 4.79 Å². The molecule has 0 bridgehead atoms. The summed E-state index contributed by atoms with van der Waals surface area (Å²) in [5.41, 5.74) is 1.85. The number of amides is 2. The monoisotopic (exact) mass is 387 g/mol. The average molecular weight is 387 g/mol. The summed E-state index contributed by atoms with van der Waals surface area (Å²) in [5, 5.41) is 5.73. The minimum Gasteiger partial charge on any atom is -0.497 e. The van der Waals surface area contributed by atoms with E-state index in [1.54, 1.807) is 14.0 Å². The van der Waals surface area contributed by atoms with E-state index in [0.29, 0.717) is 29.6 Å². The van der Waals surface area contributed by atoms with E-state index >= 15 is 0 Å². The van der Waals surface area contributed by atoms with Crippen LogP contribution in [0, 0.1) is 0 Å². The Kier molecular flexibility index (Phi) is 6.57. The topological polar surface area (TPSA) is 79.9 Å². The van der Waals surface area contributed by atoms with E-state index in [0.717, 1.165) is 24.9 Å². The van der Waals surface area contributed by atoms with Gasteiger partial charge in [0.25, 0.3) is 0 Å². The highest BCUT2D eigenvalue weighted by Gasteiger charge is 2.35. The summed E-state index contributed by atoms with van der Waals surface area (Å²) < 4.78 is 10.6. The molecule has 0 spiro atoms. The van der Waals surface area contributed by atoms with E-state index in [2.05, 4.69) is 22.5 Å². The summed E-state index contributed by atoms with van der Waals surface area (Å²) in [6.07, 6.45) is 3.45. The number of piperidine rings is 1. The summed E-state index contributed by atoms with van der Waals surface area (Å²) in [5.74, 6) is 0.252. The summed E-state index contributed by atoms with van der Waals surface area (Å²) in [6, 6.07) is 6.88. The molecule has 2 atom stereocenters. The molecule has 2 aliphatic heterocycles. The van der Waals surface area contributed by atoms with Crippen molar-refractivity contribution in [1.29, 1.82) is 0 Å². The van der Waals surface area contributed by atoms with Gasteiger partial charge in [0.2, 0.25) is 0 Å². The molecule has 152 valence electrons. The number of methoxy groups -OCH3 is 1. The van der Waals surface area contributed by atoms with E-state index in [1.165, 1.54) is 6.42 Å².